The van der Waals surface area contributed by atoms with Gasteiger partial charge in [-0.3, -0.25) is 0 Å². The van der Waals surface area contributed by atoms with Gasteiger partial charge in [0.1, 0.15) is 0 Å². The zero-order valence-corrected chi connectivity index (χ0v) is 10.6. The van der Waals surface area contributed by atoms with Crippen molar-refractivity contribution in [3.8, 4) is 0 Å². The van der Waals surface area contributed by atoms with Crippen LogP contribution in [-0.2, 0) is 12.8 Å². The van der Waals surface area contributed by atoms with Crippen molar-refractivity contribution < 1.29 is 0 Å². The first-order valence-electron chi connectivity index (χ1n) is 5.85. The first kappa shape index (κ1) is 9.20. The van der Waals surface area contributed by atoms with Crippen LogP contribution in [0.15, 0.2) is 24.3 Å². The molecule has 0 spiro atoms. The van der Waals surface area contributed by atoms with E-state index in [2.05, 4.69) is 24.3 Å². The topological polar surface area (TPSA) is 0 Å². The Morgan fingerprint density at radius 3 is 2.75 bits per heavy atom. The fraction of sp³-hybridized carbons (Fsp3) is 0.286. The molecular weight excluding hydrogens is 232 g/mol. The highest BCUT2D eigenvalue weighted by Crippen LogP contribution is 2.44. The van der Waals surface area contributed by atoms with Gasteiger partial charge in [-0.05, 0) is 37.3 Å². The highest BCUT2D eigenvalue weighted by atomic mass is 32.1. The van der Waals surface area contributed by atoms with E-state index in [0.717, 1.165) is 0 Å². The Hall–Kier alpha value is -0.860. The van der Waals surface area contributed by atoms with E-state index in [1.165, 1.54) is 35.8 Å². The molecule has 0 radical (unpaired) electrons. The Balaban J connectivity index is 2.16. The molecule has 0 atom stereocenters. The molecular formula is C14H12S2. The van der Waals surface area contributed by atoms with Gasteiger partial charge in [-0.1, -0.05) is 18.2 Å². The Labute approximate surface area is 103 Å². The maximum absolute atomic E-state index is 2.27. The zero-order valence-electron chi connectivity index (χ0n) is 8.95. The van der Waals surface area contributed by atoms with Gasteiger partial charge >= 0.3 is 0 Å². The molecule has 1 aliphatic carbocycles. The van der Waals surface area contributed by atoms with Gasteiger partial charge in [-0.2, -0.15) is 0 Å². The van der Waals surface area contributed by atoms with E-state index in [1.807, 2.05) is 22.7 Å². The number of hydrogen-bond donors (Lipinski definition) is 0. The molecule has 0 aliphatic heterocycles. The lowest BCUT2D eigenvalue weighted by molar-refractivity contribution is 0.701. The summed E-state index contributed by atoms with van der Waals surface area (Å²) in [6.45, 7) is 0. The molecule has 0 amide bonds. The molecule has 0 fully saturated rings. The summed E-state index contributed by atoms with van der Waals surface area (Å²) < 4.78 is 4.59. The second-order valence-electron chi connectivity index (χ2n) is 4.47. The molecule has 80 valence electrons. The van der Waals surface area contributed by atoms with Gasteiger partial charge in [0.25, 0.3) is 0 Å². The SMILES string of the molecule is c1ccc2c(c1)sc1c3c(sc12)CCCC3. The van der Waals surface area contributed by atoms with Crippen LogP contribution in [0.5, 0.6) is 0 Å². The van der Waals surface area contributed by atoms with Crippen LogP contribution in [0.1, 0.15) is 23.3 Å². The van der Waals surface area contributed by atoms with E-state index in [9.17, 15) is 0 Å². The lowest BCUT2D eigenvalue weighted by Crippen LogP contribution is -1.97. The van der Waals surface area contributed by atoms with E-state index in [4.69, 9.17) is 0 Å². The molecule has 2 heteroatoms. The fourth-order valence-corrected chi connectivity index (χ4v) is 5.58. The first-order valence-corrected chi connectivity index (χ1v) is 7.48. The third kappa shape index (κ3) is 1.14. The highest BCUT2D eigenvalue weighted by molar-refractivity contribution is 7.33. The van der Waals surface area contributed by atoms with Crippen LogP contribution in [0.3, 0.4) is 0 Å². The van der Waals surface area contributed by atoms with Gasteiger partial charge in [0.2, 0.25) is 0 Å². The van der Waals surface area contributed by atoms with Gasteiger partial charge in [0.05, 0.1) is 4.70 Å². The number of hydrogen-bond acceptors (Lipinski definition) is 2. The number of fused-ring (bicyclic) bond motifs is 5. The Morgan fingerprint density at radius 2 is 1.75 bits per heavy atom. The summed E-state index contributed by atoms with van der Waals surface area (Å²) in [7, 11) is 0. The van der Waals surface area contributed by atoms with E-state index in [1.54, 1.807) is 19.8 Å². The van der Waals surface area contributed by atoms with Crippen LogP contribution < -0.4 is 0 Å². The van der Waals surface area contributed by atoms with Crippen LogP contribution in [0.25, 0.3) is 19.5 Å². The lowest BCUT2D eigenvalue weighted by atomic mass is 9.99. The molecule has 2 aromatic heterocycles. The minimum absolute atomic E-state index is 1.31. The molecule has 1 aromatic carbocycles. The summed E-state index contributed by atoms with van der Waals surface area (Å²) >= 11 is 4.04. The van der Waals surface area contributed by atoms with E-state index >= 15 is 0 Å². The normalized spacial score (nSPS) is 15.8. The largest absolute Gasteiger partial charge is 0.138 e. The standard InChI is InChI=1S/C14H12S2/c1-3-7-11-9(5-1)13-14(15-11)10-6-2-4-8-12(10)16-13/h1,3,5,7H,2,4,6,8H2. The van der Waals surface area contributed by atoms with Crippen molar-refractivity contribution in [1.29, 1.82) is 0 Å². The maximum atomic E-state index is 2.27. The predicted octanol–water partition coefficient (Wildman–Crippen LogP) is 4.99. The Bertz CT molecular complexity index is 672. The Kier molecular flexibility index (Phi) is 1.91. The van der Waals surface area contributed by atoms with Gasteiger partial charge in [0.15, 0.2) is 0 Å². The van der Waals surface area contributed by atoms with Crippen molar-refractivity contribution in [2.45, 2.75) is 25.7 Å². The average Bonchev–Trinajstić information content (AvgIpc) is 2.85. The molecule has 4 rings (SSSR count). The van der Waals surface area contributed by atoms with Gasteiger partial charge in [-0.25, -0.2) is 0 Å². The van der Waals surface area contributed by atoms with Crippen molar-refractivity contribution in [2.75, 3.05) is 0 Å². The van der Waals surface area contributed by atoms with Crippen LogP contribution in [0.2, 0.25) is 0 Å². The predicted molar refractivity (Wildman–Crippen MR) is 73.9 cm³/mol. The van der Waals surface area contributed by atoms with Crippen molar-refractivity contribution in [3.05, 3.63) is 34.7 Å². The summed E-state index contributed by atoms with van der Waals surface area (Å²) in [6, 6.07) is 8.83. The van der Waals surface area contributed by atoms with E-state index in [-0.39, 0.29) is 0 Å². The first-order chi connectivity index (χ1) is 7.93. The molecule has 0 unspecified atom stereocenters. The summed E-state index contributed by atoms with van der Waals surface area (Å²) in [4.78, 5) is 1.67. The summed E-state index contributed by atoms with van der Waals surface area (Å²) in [6.07, 6.45) is 5.39. The number of rotatable bonds is 0. The number of aryl methyl sites for hydroxylation is 2. The van der Waals surface area contributed by atoms with Crippen LogP contribution in [-0.4, -0.2) is 0 Å². The molecule has 0 saturated heterocycles. The van der Waals surface area contributed by atoms with Gasteiger partial charge in [-0.15, -0.1) is 22.7 Å². The second-order valence-corrected chi connectivity index (χ2v) is 6.62. The molecule has 2 heterocycles. The van der Waals surface area contributed by atoms with Crippen LogP contribution >= 0.6 is 22.7 Å². The van der Waals surface area contributed by atoms with E-state index in [0.29, 0.717) is 0 Å². The van der Waals surface area contributed by atoms with Crippen molar-refractivity contribution in [2.24, 2.45) is 0 Å². The molecule has 0 N–H and O–H groups in total. The van der Waals surface area contributed by atoms with Crippen LogP contribution in [0, 0.1) is 0 Å². The second kappa shape index (κ2) is 3.31. The lowest BCUT2D eigenvalue weighted by Gasteiger charge is -2.09. The molecule has 0 nitrogen and oxygen atoms in total. The number of benzene rings is 1. The summed E-state index contributed by atoms with van der Waals surface area (Å²) in [5.74, 6) is 0. The molecule has 1 aliphatic rings. The fourth-order valence-electron chi connectivity index (χ4n) is 2.68. The van der Waals surface area contributed by atoms with Crippen LogP contribution in [0.4, 0.5) is 0 Å². The van der Waals surface area contributed by atoms with Crippen molar-refractivity contribution >= 4 is 42.2 Å². The molecule has 0 saturated carbocycles. The minimum Gasteiger partial charge on any atom is -0.138 e. The van der Waals surface area contributed by atoms with Crippen molar-refractivity contribution in [3.63, 3.8) is 0 Å². The molecule has 16 heavy (non-hydrogen) atoms. The monoisotopic (exact) mass is 244 g/mol. The zero-order chi connectivity index (χ0) is 10.5. The smallest absolute Gasteiger partial charge is 0.0535 e. The van der Waals surface area contributed by atoms with Gasteiger partial charge in [0, 0.05) is 19.7 Å². The number of thiophene rings is 2. The highest BCUT2D eigenvalue weighted by Gasteiger charge is 2.18. The van der Waals surface area contributed by atoms with Crippen molar-refractivity contribution in [1.82, 2.24) is 0 Å². The third-order valence-electron chi connectivity index (χ3n) is 3.47. The average molecular weight is 244 g/mol. The summed E-state index contributed by atoms with van der Waals surface area (Å²) in [5.41, 5.74) is 1.67. The molecule has 0 bridgehead atoms. The van der Waals surface area contributed by atoms with E-state index < -0.39 is 0 Å². The summed E-state index contributed by atoms with van der Waals surface area (Å²) in [5, 5.41) is 1.47. The minimum atomic E-state index is 1.31. The molecule has 3 aromatic rings. The maximum Gasteiger partial charge on any atom is 0.0535 e. The quantitative estimate of drug-likeness (QED) is 0.522. The third-order valence-corrected chi connectivity index (χ3v) is 6.15. The van der Waals surface area contributed by atoms with Gasteiger partial charge < -0.3 is 0 Å². The Morgan fingerprint density at radius 1 is 0.875 bits per heavy atom.